The molecule has 5 heteroatoms. The van der Waals surface area contributed by atoms with Gasteiger partial charge in [0.05, 0.1) is 13.2 Å². The van der Waals surface area contributed by atoms with Crippen molar-refractivity contribution in [1.82, 2.24) is 4.90 Å². The molecule has 1 aromatic rings. The molecule has 1 fully saturated rings. The van der Waals surface area contributed by atoms with Gasteiger partial charge in [-0.2, -0.15) is 0 Å². The average molecular weight is 416 g/mol. The number of likely N-dealkylation sites (N-methyl/N-ethyl adjacent to an activating group) is 1. The Balaban J connectivity index is 1.68. The summed E-state index contributed by atoms with van der Waals surface area (Å²) in [5.41, 5.74) is 1.91. The van der Waals surface area contributed by atoms with Gasteiger partial charge in [-0.25, -0.2) is 0 Å². The van der Waals surface area contributed by atoms with E-state index in [9.17, 15) is 9.90 Å². The Morgan fingerprint density at radius 3 is 2.37 bits per heavy atom. The number of carbonyl (C=O) groups excluding carboxylic acids is 1. The molecule has 1 N–H and O–H groups in total. The zero-order chi connectivity index (χ0) is 21.7. The van der Waals surface area contributed by atoms with Crippen LogP contribution in [0.15, 0.2) is 36.1 Å². The van der Waals surface area contributed by atoms with Gasteiger partial charge in [-0.3, -0.25) is 4.79 Å². The molecule has 0 aromatic heterocycles. The molecule has 5 nitrogen and oxygen atoms in total. The van der Waals surface area contributed by atoms with Gasteiger partial charge >= 0.3 is 0 Å². The van der Waals surface area contributed by atoms with Crippen molar-refractivity contribution in [3.63, 3.8) is 0 Å². The molecule has 2 aliphatic rings. The minimum absolute atomic E-state index is 0.0170. The quantitative estimate of drug-likeness (QED) is 0.726. The smallest absolute Gasteiger partial charge is 0.288 e. The number of carbonyl (C=O) groups is 1. The van der Waals surface area contributed by atoms with Gasteiger partial charge < -0.3 is 19.5 Å². The van der Waals surface area contributed by atoms with Crippen LogP contribution in [0.3, 0.4) is 0 Å². The maximum absolute atomic E-state index is 13.2. The summed E-state index contributed by atoms with van der Waals surface area (Å²) in [5.74, 6) is 0.596. The first kappa shape index (κ1) is 22.8. The van der Waals surface area contributed by atoms with E-state index in [4.69, 9.17) is 9.47 Å². The Hall–Kier alpha value is -1.85. The molecule has 1 aromatic carbocycles. The molecule has 0 unspecified atom stereocenters. The molecule has 0 saturated heterocycles. The fourth-order valence-corrected chi connectivity index (χ4v) is 4.25. The number of rotatable bonds is 6. The van der Waals surface area contributed by atoms with E-state index in [2.05, 4.69) is 20.8 Å². The van der Waals surface area contributed by atoms with Gasteiger partial charge in [0, 0.05) is 19.5 Å². The second-order valence-electron chi connectivity index (χ2n) is 9.78. The number of aliphatic hydroxyl groups excluding tert-OH is 1. The molecule has 166 valence electrons. The highest BCUT2D eigenvalue weighted by molar-refractivity contribution is 5.91. The third-order valence-corrected chi connectivity index (χ3v) is 6.46. The van der Waals surface area contributed by atoms with Gasteiger partial charge in [-0.1, -0.05) is 64.3 Å². The van der Waals surface area contributed by atoms with E-state index < -0.39 is 6.29 Å². The molecule has 0 spiro atoms. The van der Waals surface area contributed by atoms with Gasteiger partial charge in [0.15, 0.2) is 5.76 Å². The zero-order valence-corrected chi connectivity index (χ0v) is 18.9. The molecule has 1 aliphatic heterocycles. The number of hydrogen-bond acceptors (Lipinski definition) is 4. The molecule has 1 heterocycles. The van der Waals surface area contributed by atoms with E-state index in [1.54, 1.807) is 0 Å². The lowest BCUT2D eigenvalue weighted by Crippen LogP contribution is -2.42. The number of amides is 1. The molecular formula is C25H37NO4. The van der Waals surface area contributed by atoms with Crippen molar-refractivity contribution in [2.45, 2.75) is 84.8 Å². The van der Waals surface area contributed by atoms with Crippen LogP contribution >= 0.6 is 0 Å². The molecule has 0 radical (unpaired) electrons. The molecule has 3 rings (SSSR count). The van der Waals surface area contributed by atoms with Crippen LogP contribution in [0.4, 0.5) is 0 Å². The maximum atomic E-state index is 13.2. The van der Waals surface area contributed by atoms with Crippen LogP contribution in [0, 0.1) is 11.3 Å². The first-order valence-electron chi connectivity index (χ1n) is 11.2. The highest BCUT2D eigenvalue weighted by atomic mass is 16.7. The van der Waals surface area contributed by atoms with E-state index in [0.717, 1.165) is 30.4 Å². The van der Waals surface area contributed by atoms with Crippen molar-refractivity contribution in [2.24, 2.45) is 11.3 Å². The third-order valence-electron chi connectivity index (χ3n) is 6.46. The van der Waals surface area contributed by atoms with E-state index in [1.165, 1.54) is 19.3 Å². The molecule has 1 saturated carbocycles. The summed E-state index contributed by atoms with van der Waals surface area (Å²) in [4.78, 5) is 15.1. The lowest BCUT2D eigenvalue weighted by atomic mass is 9.77. The molecule has 1 aliphatic carbocycles. The largest absolute Gasteiger partial charge is 0.459 e. The lowest BCUT2D eigenvalue weighted by Gasteiger charge is -2.38. The fourth-order valence-electron chi connectivity index (χ4n) is 4.25. The SMILES string of the molecule is CN(C(=O)C1=C[C@H](C(C)(C)C)C[C@H](OCc2ccc(CO)cc2)O1)C1CCCCC1. The molecule has 2 atom stereocenters. The predicted molar refractivity (Wildman–Crippen MR) is 117 cm³/mol. The van der Waals surface area contributed by atoms with Crippen LogP contribution in [0.5, 0.6) is 0 Å². The topological polar surface area (TPSA) is 59.0 Å². The Bertz CT molecular complexity index is 729. The summed E-state index contributed by atoms with van der Waals surface area (Å²) >= 11 is 0. The zero-order valence-electron chi connectivity index (χ0n) is 18.9. The third kappa shape index (κ3) is 5.86. The van der Waals surface area contributed by atoms with E-state index in [-0.39, 0.29) is 23.8 Å². The fraction of sp³-hybridized carbons (Fsp3) is 0.640. The van der Waals surface area contributed by atoms with Crippen LogP contribution in [-0.4, -0.2) is 35.3 Å². The highest BCUT2D eigenvalue weighted by Gasteiger charge is 2.36. The van der Waals surface area contributed by atoms with Crippen LogP contribution in [0.1, 0.15) is 70.4 Å². The van der Waals surface area contributed by atoms with Crippen LogP contribution in [-0.2, 0) is 27.5 Å². The highest BCUT2D eigenvalue weighted by Crippen LogP contribution is 2.37. The maximum Gasteiger partial charge on any atom is 0.288 e. The second-order valence-corrected chi connectivity index (χ2v) is 9.78. The molecule has 1 amide bonds. The van der Waals surface area contributed by atoms with Crippen molar-refractivity contribution in [3.05, 3.63) is 47.2 Å². The number of benzene rings is 1. The minimum atomic E-state index is -0.449. The summed E-state index contributed by atoms with van der Waals surface area (Å²) in [6.07, 6.45) is 8.07. The molecular weight excluding hydrogens is 378 g/mol. The van der Waals surface area contributed by atoms with Crippen molar-refractivity contribution < 1.29 is 19.4 Å². The normalized spacial score (nSPS) is 22.9. The van der Waals surface area contributed by atoms with E-state index >= 15 is 0 Å². The summed E-state index contributed by atoms with van der Waals surface area (Å²) in [6.45, 7) is 7.02. The van der Waals surface area contributed by atoms with Gasteiger partial charge in [-0.05, 0) is 41.4 Å². The van der Waals surface area contributed by atoms with Crippen molar-refractivity contribution in [3.8, 4) is 0 Å². The number of allylic oxidation sites excluding steroid dienone is 1. The van der Waals surface area contributed by atoms with Gasteiger partial charge in [0.25, 0.3) is 5.91 Å². The molecule has 30 heavy (non-hydrogen) atoms. The van der Waals surface area contributed by atoms with Crippen LogP contribution in [0.25, 0.3) is 0 Å². The summed E-state index contributed by atoms with van der Waals surface area (Å²) < 4.78 is 12.1. The number of ether oxygens (including phenoxy) is 2. The number of nitrogens with zero attached hydrogens (tertiary/aromatic N) is 1. The van der Waals surface area contributed by atoms with Crippen molar-refractivity contribution in [1.29, 1.82) is 0 Å². The summed E-state index contributed by atoms with van der Waals surface area (Å²) in [6, 6.07) is 8.00. The monoisotopic (exact) mass is 415 g/mol. The number of aliphatic hydroxyl groups is 1. The Morgan fingerprint density at radius 2 is 1.77 bits per heavy atom. The predicted octanol–water partition coefficient (Wildman–Crippen LogP) is 4.78. The van der Waals surface area contributed by atoms with Crippen LogP contribution < -0.4 is 0 Å². The minimum Gasteiger partial charge on any atom is -0.459 e. The number of hydrogen-bond donors (Lipinski definition) is 1. The van der Waals surface area contributed by atoms with Gasteiger partial charge in [-0.15, -0.1) is 0 Å². The van der Waals surface area contributed by atoms with Crippen molar-refractivity contribution in [2.75, 3.05) is 7.05 Å². The second kappa shape index (κ2) is 9.97. The Labute approximate surface area is 181 Å². The van der Waals surface area contributed by atoms with E-state index in [1.807, 2.05) is 42.3 Å². The first-order valence-corrected chi connectivity index (χ1v) is 11.2. The Morgan fingerprint density at radius 1 is 1.13 bits per heavy atom. The summed E-state index contributed by atoms with van der Waals surface area (Å²) in [7, 11) is 1.90. The average Bonchev–Trinajstić information content (AvgIpc) is 2.76. The summed E-state index contributed by atoms with van der Waals surface area (Å²) in [5, 5.41) is 9.19. The van der Waals surface area contributed by atoms with Crippen molar-refractivity contribution >= 4 is 5.91 Å². The van der Waals surface area contributed by atoms with Gasteiger partial charge in [0.1, 0.15) is 0 Å². The first-order chi connectivity index (χ1) is 14.3. The van der Waals surface area contributed by atoms with Crippen LogP contribution in [0.2, 0.25) is 0 Å². The molecule has 0 bridgehead atoms. The Kier molecular flexibility index (Phi) is 7.59. The lowest BCUT2D eigenvalue weighted by molar-refractivity contribution is -0.162. The van der Waals surface area contributed by atoms with E-state index in [0.29, 0.717) is 18.4 Å². The standard InChI is InChI=1S/C25H37NO4/c1-25(2,3)20-14-22(24(28)26(4)21-8-6-5-7-9-21)30-23(15-20)29-17-19-12-10-18(16-27)11-13-19/h10-14,20-21,23,27H,5-9,15-17H2,1-4H3/t20-,23+/m0/s1. The van der Waals surface area contributed by atoms with Gasteiger partial charge in [0.2, 0.25) is 6.29 Å².